The molecule has 172 valence electrons. The molecule has 4 fully saturated rings. The van der Waals surface area contributed by atoms with Gasteiger partial charge < -0.3 is 10.1 Å². The Morgan fingerprint density at radius 3 is 2.56 bits per heavy atom. The van der Waals surface area contributed by atoms with Gasteiger partial charge in [0.25, 0.3) is 5.91 Å². The number of fused-ring (bicyclic) bond motifs is 1. The molecule has 0 radical (unpaired) electrons. The molecule has 6 rings (SSSR count). The molecule has 0 saturated heterocycles. The van der Waals surface area contributed by atoms with Crippen LogP contribution in [0, 0.1) is 23.2 Å². The van der Waals surface area contributed by atoms with Crippen LogP contribution in [-0.4, -0.2) is 53.1 Å². The van der Waals surface area contributed by atoms with Crippen molar-refractivity contribution in [2.45, 2.75) is 52.0 Å². The molecule has 0 spiro atoms. The van der Waals surface area contributed by atoms with Crippen molar-refractivity contribution in [2.24, 2.45) is 23.2 Å². The molecule has 2 aromatic rings. The van der Waals surface area contributed by atoms with Crippen molar-refractivity contribution in [3.8, 4) is 0 Å². The van der Waals surface area contributed by atoms with E-state index in [-0.39, 0.29) is 18.4 Å². The van der Waals surface area contributed by atoms with Gasteiger partial charge in [0, 0.05) is 19.3 Å². The number of carbonyl (C=O) groups excluding carboxylic acids is 2. The summed E-state index contributed by atoms with van der Waals surface area (Å²) in [5.74, 6) is 2.38. The molecule has 0 aliphatic heterocycles. The van der Waals surface area contributed by atoms with Crippen molar-refractivity contribution in [2.75, 3.05) is 26.7 Å². The molecule has 4 saturated carbocycles. The van der Waals surface area contributed by atoms with Crippen LogP contribution in [-0.2, 0) is 16.1 Å². The van der Waals surface area contributed by atoms with Gasteiger partial charge in [0.05, 0.1) is 29.9 Å². The number of likely N-dealkylation sites (N-methyl/N-ethyl adjacent to an activating group) is 1. The summed E-state index contributed by atoms with van der Waals surface area (Å²) in [5, 5.41) is 7.89. The fraction of sp³-hybridized carbons (Fsp3) is 0.640. The van der Waals surface area contributed by atoms with Gasteiger partial charge in [-0.1, -0.05) is 0 Å². The van der Waals surface area contributed by atoms with Gasteiger partial charge in [-0.2, -0.15) is 5.10 Å². The van der Waals surface area contributed by atoms with Gasteiger partial charge in [0.15, 0.2) is 0 Å². The molecular formula is C25H34N4O3. The second kappa shape index (κ2) is 8.50. The van der Waals surface area contributed by atoms with Gasteiger partial charge in [0.2, 0.25) is 0 Å². The van der Waals surface area contributed by atoms with Gasteiger partial charge in [-0.3, -0.25) is 14.5 Å². The third kappa shape index (κ3) is 4.27. The van der Waals surface area contributed by atoms with Crippen molar-refractivity contribution in [3.63, 3.8) is 0 Å². The van der Waals surface area contributed by atoms with Crippen LogP contribution < -0.4 is 5.32 Å². The number of esters is 1. The lowest BCUT2D eigenvalue weighted by Gasteiger charge is -2.56. The van der Waals surface area contributed by atoms with Gasteiger partial charge in [-0.25, -0.2) is 4.52 Å². The van der Waals surface area contributed by atoms with Crippen molar-refractivity contribution in [1.82, 2.24) is 19.8 Å². The highest BCUT2D eigenvalue weighted by Gasteiger charge is 2.50. The summed E-state index contributed by atoms with van der Waals surface area (Å²) in [4.78, 5) is 26.8. The first-order valence-electron chi connectivity index (χ1n) is 12.0. The molecule has 7 nitrogen and oxygen atoms in total. The zero-order chi connectivity index (χ0) is 22.3. The van der Waals surface area contributed by atoms with E-state index in [0.29, 0.717) is 24.1 Å². The Bertz CT molecular complexity index is 978. The quantitative estimate of drug-likeness (QED) is 0.640. The van der Waals surface area contributed by atoms with E-state index in [2.05, 4.69) is 10.4 Å². The maximum atomic E-state index is 13.2. The number of nitrogens with zero attached hydrogens (tertiary/aromatic N) is 3. The molecule has 4 aliphatic rings. The monoisotopic (exact) mass is 438 g/mol. The van der Waals surface area contributed by atoms with E-state index in [9.17, 15) is 9.59 Å². The second-order valence-electron chi connectivity index (χ2n) is 10.5. The second-order valence-corrected chi connectivity index (χ2v) is 10.5. The SMILES string of the molecule is CCOC(=O)CN(C)Cc1cc2c(C(=O)NCC34CC5CC(CC(C5)C3)C4)cccn2n1. The Balaban J connectivity index is 1.26. The number of aromatic nitrogens is 2. The zero-order valence-electron chi connectivity index (χ0n) is 19.2. The van der Waals surface area contributed by atoms with Crippen LogP contribution in [0.5, 0.6) is 0 Å². The first kappa shape index (κ1) is 21.4. The van der Waals surface area contributed by atoms with Gasteiger partial charge >= 0.3 is 5.97 Å². The molecular weight excluding hydrogens is 404 g/mol. The fourth-order valence-electron chi connectivity index (χ4n) is 6.96. The molecule has 4 bridgehead atoms. The number of carbonyl (C=O) groups is 2. The smallest absolute Gasteiger partial charge is 0.320 e. The van der Waals surface area contributed by atoms with Crippen molar-refractivity contribution in [3.05, 3.63) is 35.7 Å². The summed E-state index contributed by atoms with van der Waals surface area (Å²) in [7, 11) is 1.86. The van der Waals surface area contributed by atoms with E-state index < -0.39 is 0 Å². The lowest BCUT2D eigenvalue weighted by molar-refractivity contribution is -0.144. The summed E-state index contributed by atoms with van der Waals surface area (Å²) in [5.41, 5.74) is 2.59. The number of hydrogen-bond donors (Lipinski definition) is 1. The third-order valence-corrected chi connectivity index (χ3v) is 7.72. The molecule has 1 amide bonds. The predicted molar refractivity (Wildman–Crippen MR) is 121 cm³/mol. The van der Waals surface area contributed by atoms with Crippen LogP contribution in [0.25, 0.3) is 5.52 Å². The van der Waals surface area contributed by atoms with Gasteiger partial charge in [-0.05, 0) is 93.9 Å². The van der Waals surface area contributed by atoms with Crippen LogP contribution in [0.3, 0.4) is 0 Å². The van der Waals surface area contributed by atoms with E-state index in [1.807, 2.05) is 36.3 Å². The standard InChI is InChI=1S/C25H34N4O3/c1-3-32-23(30)15-28(2)14-20-10-22-21(5-4-6-29(22)27-20)24(31)26-16-25-11-17-7-18(12-25)9-19(8-17)13-25/h4-6,10,17-19H,3,7-9,11-16H2,1-2H3,(H,26,31). The van der Waals surface area contributed by atoms with Gasteiger partial charge in [-0.15, -0.1) is 0 Å². The summed E-state index contributed by atoms with van der Waals surface area (Å²) >= 11 is 0. The number of ether oxygens (including phenoxy) is 1. The lowest BCUT2D eigenvalue weighted by atomic mass is 9.49. The predicted octanol–water partition coefficient (Wildman–Crippen LogP) is 3.28. The van der Waals surface area contributed by atoms with Crippen molar-refractivity contribution < 1.29 is 14.3 Å². The number of nitrogens with one attached hydrogen (secondary N) is 1. The summed E-state index contributed by atoms with van der Waals surface area (Å²) in [6.07, 6.45) is 9.95. The maximum Gasteiger partial charge on any atom is 0.320 e. The van der Waals surface area contributed by atoms with Crippen LogP contribution in [0.1, 0.15) is 61.5 Å². The minimum Gasteiger partial charge on any atom is -0.465 e. The highest BCUT2D eigenvalue weighted by atomic mass is 16.5. The minimum atomic E-state index is -0.247. The summed E-state index contributed by atoms with van der Waals surface area (Å²) in [6, 6.07) is 5.69. The highest BCUT2D eigenvalue weighted by Crippen LogP contribution is 2.59. The van der Waals surface area contributed by atoms with E-state index in [1.54, 1.807) is 11.4 Å². The molecule has 0 atom stereocenters. The Hall–Kier alpha value is -2.41. The third-order valence-electron chi connectivity index (χ3n) is 7.72. The number of pyridine rings is 1. The number of rotatable bonds is 8. The van der Waals surface area contributed by atoms with Gasteiger partial charge in [0.1, 0.15) is 0 Å². The van der Waals surface area contributed by atoms with E-state index in [4.69, 9.17) is 4.74 Å². The summed E-state index contributed by atoms with van der Waals surface area (Å²) in [6.45, 7) is 3.69. The van der Waals surface area contributed by atoms with Crippen LogP contribution in [0.4, 0.5) is 0 Å². The number of hydrogen-bond acceptors (Lipinski definition) is 5. The van der Waals surface area contributed by atoms with Crippen LogP contribution >= 0.6 is 0 Å². The van der Waals surface area contributed by atoms with Crippen molar-refractivity contribution in [1.29, 1.82) is 0 Å². The Morgan fingerprint density at radius 1 is 1.22 bits per heavy atom. The Labute approximate surface area is 189 Å². The molecule has 2 aromatic heterocycles. The molecule has 1 N–H and O–H groups in total. The van der Waals surface area contributed by atoms with E-state index in [1.165, 1.54) is 38.5 Å². The first-order valence-corrected chi connectivity index (χ1v) is 12.0. The normalized spacial score (nSPS) is 28.4. The Morgan fingerprint density at radius 2 is 1.91 bits per heavy atom. The first-order chi connectivity index (χ1) is 15.4. The largest absolute Gasteiger partial charge is 0.465 e. The molecule has 7 heteroatoms. The van der Waals surface area contributed by atoms with Crippen LogP contribution in [0.15, 0.2) is 24.4 Å². The average Bonchev–Trinajstić information content (AvgIpc) is 3.13. The number of amides is 1. The molecule has 32 heavy (non-hydrogen) atoms. The Kier molecular flexibility index (Phi) is 5.70. The fourth-order valence-corrected chi connectivity index (χ4v) is 6.96. The van der Waals surface area contributed by atoms with E-state index in [0.717, 1.165) is 35.5 Å². The highest BCUT2D eigenvalue weighted by molar-refractivity contribution is 6.00. The maximum absolute atomic E-state index is 13.2. The molecule has 2 heterocycles. The topological polar surface area (TPSA) is 75.9 Å². The van der Waals surface area contributed by atoms with Crippen LogP contribution in [0.2, 0.25) is 0 Å². The van der Waals surface area contributed by atoms with Crippen molar-refractivity contribution >= 4 is 17.4 Å². The molecule has 0 unspecified atom stereocenters. The summed E-state index contributed by atoms with van der Waals surface area (Å²) < 4.78 is 6.77. The van der Waals surface area contributed by atoms with E-state index >= 15 is 0 Å². The zero-order valence-corrected chi connectivity index (χ0v) is 19.2. The minimum absolute atomic E-state index is 0.0160. The molecule has 4 aliphatic carbocycles. The molecule has 0 aromatic carbocycles. The lowest BCUT2D eigenvalue weighted by Crippen LogP contribution is -2.51. The average molecular weight is 439 g/mol.